The van der Waals surface area contributed by atoms with Gasteiger partial charge in [0.15, 0.2) is 0 Å². The molecule has 2 aromatic carbocycles. The van der Waals surface area contributed by atoms with Crippen molar-refractivity contribution >= 4 is 5.97 Å². The van der Waals surface area contributed by atoms with Crippen LogP contribution in [0.25, 0.3) is 0 Å². The summed E-state index contributed by atoms with van der Waals surface area (Å²) in [6.45, 7) is 13.4. The summed E-state index contributed by atoms with van der Waals surface area (Å²) < 4.78 is 19.8. The second-order valence-electron chi connectivity index (χ2n) is 16.8. The first kappa shape index (κ1) is 33.1. The lowest BCUT2D eigenvalue weighted by Crippen LogP contribution is -2.60. The lowest BCUT2D eigenvalue weighted by molar-refractivity contribution is -0.205. The minimum absolute atomic E-state index is 0.00644. The molecule has 7 rings (SSSR count). The molecule has 4 fully saturated rings. The molecule has 47 heavy (non-hydrogen) atoms. The third-order valence-corrected chi connectivity index (χ3v) is 14.2. The number of hydrogen-bond acceptors (Lipinski definition) is 4. The molecule has 4 heteroatoms. The lowest BCUT2D eigenvalue weighted by atomic mass is 9.43. The van der Waals surface area contributed by atoms with Crippen LogP contribution in [0.4, 0.5) is 0 Å². The van der Waals surface area contributed by atoms with Crippen molar-refractivity contribution in [2.24, 2.45) is 52.3 Å². The van der Waals surface area contributed by atoms with E-state index in [1.807, 2.05) is 0 Å². The zero-order valence-electron chi connectivity index (χ0n) is 29.5. The van der Waals surface area contributed by atoms with E-state index >= 15 is 0 Å². The fourth-order valence-electron chi connectivity index (χ4n) is 11.4. The summed E-state index contributed by atoms with van der Waals surface area (Å²) in [6, 6.07) is 21.4. The number of carbonyl (C=O) groups is 1. The predicted molar refractivity (Wildman–Crippen MR) is 187 cm³/mol. The average Bonchev–Trinajstić information content (AvgIpc) is 3.44. The minimum Gasteiger partial charge on any atom is -0.462 e. The first-order valence-corrected chi connectivity index (χ1v) is 18.9. The molecule has 2 aromatic rings. The summed E-state index contributed by atoms with van der Waals surface area (Å²) in [7, 11) is 0. The van der Waals surface area contributed by atoms with Crippen LogP contribution >= 0.6 is 0 Å². The van der Waals surface area contributed by atoms with Crippen molar-refractivity contribution in [3.05, 3.63) is 83.4 Å². The number of rotatable bonds is 9. The van der Waals surface area contributed by atoms with Gasteiger partial charge in [-0.3, -0.25) is 4.79 Å². The Balaban J connectivity index is 1.10. The molecule has 0 aromatic heterocycles. The number of carbonyl (C=O) groups excluding carboxylic acids is 1. The number of esters is 1. The molecule has 11 unspecified atom stereocenters. The van der Waals surface area contributed by atoms with E-state index in [1.165, 1.54) is 43.2 Å². The van der Waals surface area contributed by atoms with Crippen LogP contribution in [0, 0.1) is 52.3 Å². The minimum atomic E-state index is 0.00644. The van der Waals surface area contributed by atoms with E-state index < -0.39 is 0 Å². The van der Waals surface area contributed by atoms with E-state index in [2.05, 4.69) is 101 Å². The fraction of sp³-hybridized carbons (Fsp3) is 0.651. The van der Waals surface area contributed by atoms with Gasteiger partial charge in [0, 0.05) is 18.8 Å². The van der Waals surface area contributed by atoms with Gasteiger partial charge in [0.2, 0.25) is 0 Å². The van der Waals surface area contributed by atoms with E-state index in [1.54, 1.807) is 5.57 Å². The molecule has 0 N–H and O–H groups in total. The second kappa shape index (κ2) is 13.5. The van der Waals surface area contributed by atoms with Crippen molar-refractivity contribution in [2.45, 2.75) is 124 Å². The highest BCUT2D eigenvalue weighted by molar-refractivity contribution is 5.70. The van der Waals surface area contributed by atoms with Gasteiger partial charge in [-0.05, 0) is 102 Å². The van der Waals surface area contributed by atoms with Crippen molar-refractivity contribution in [3.8, 4) is 0 Å². The van der Waals surface area contributed by atoms with E-state index in [0.717, 1.165) is 19.3 Å². The Labute approximate surface area is 284 Å². The monoisotopic (exact) mass is 638 g/mol. The van der Waals surface area contributed by atoms with Gasteiger partial charge >= 0.3 is 5.97 Å². The molecule has 11 atom stereocenters. The van der Waals surface area contributed by atoms with Gasteiger partial charge in [0.05, 0.1) is 25.4 Å². The lowest BCUT2D eigenvalue weighted by Gasteiger charge is -2.63. The fourth-order valence-corrected chi connectivity index (χ4v) is 11.4. The molecule has 1 aliphatic heterocycles. The zero-order valence-corrected chi connectivity index (χ0v) is 29.5. The standard InChI is InChI=1S/C43H58O4/c1-28(2)32-22-39(47-41(44)23-32)29(3)36-18-19-37-35-17-16-33-24-34(45-26-30-12-8-6-9-13-30)25-40(46-27-31-14-10-7-11-15-31)43(33,5)38(35)20-21-42(36,37)4/h6-15,18,28-29,32-35,37-40H,16-17,19-27H2,1-5H3. The van der Waals surface area contributed by atoms with Crippen LogP contribution in [0.5, 0.6) is 0 Å². The van der Waals surface area contributed by atoms with Gasteiger partial charge in [-0.15, -0.1) is 0 Å². The number of benzene rings is 2. The van der Waals surface area contributed by atoms with Crippen LogP contribution in [0.15, 0.2) is 72.3 Å². The van der Waals surface area contributed by atoms with Gasteiger partial charge in [-0.2, -0.15) is 0 Å². The maximum atomic E-state index is 12.7. The first-order chi connectivity index (χ1) is 22.7. The number of hydrogen-bond donors (Lipinski definition) is 0. The van der Waals surface area contributed by atoms with Gasteiger partial charge in [0.1, 0.15) is 6.10 Å². The van der Waals surface area contributed by atoms with Crippen molar-refractivity contribution in [3.63, 3.8) is 0 Å². The molecule has 1 saturated heterocycles. The molecule has 0 bridgehead atoms. The Bertz CT molecular complexity index is 1400. The summed E-state index contributed by atoms with van der Waals surface area (Å²) in [4.78, 5) is 12.7. The zero-order chi connectivity index (χ0) is 32.8. The van der Waals surface area contributed by atoms with E-state index in [9.17, 15) is 4.79 Å². The van der Waals surface area contributed by atoms with E-state index in [4.69, 9.17) is 14.2 Å². The highest BCUT2D eigenvalue weighted by Gasteiger charge is 2.62. The molecule has 0 radical (unpaired) electrons. The summed E-state index contributed by atoms with van der Waals surface area (Å²) in [5, 5.41) is 0. The van der Waals surface area contributed by atoms with Crippen molar-refractivity contribution in [1.29, 1.82) is 0 Å². The summed E-state index contributed by atoms with van der Waals surface area (Å²) in [5.74, 6) is 3.89. The molecule has 4 aliphatic carbocycles. The van der Waals surface area contributed by atoms with E-state index in [-0.39, 0.29) is 41.0 Å². The second-order valence-corrected chi connectivity index (χ2v) is 16.8. The summed E-state index contributed by atoms with van der Waals surface area (Å²) >= 11 is 0. The highest BCUT2D eigenvalue weighted by Crippen LogP contribution is 2.67. The largest absolute Gasteiger partial charge is 0.462 e. The average molecular weight is 639 g/mol. The molecule has 254 valence electrons. The molecular formula is C43H58O4. The SMILES string of the molecule is CC(C)C1CC(=O)OC(C(C)C2=CCC3C4CCC5CC(OCc6ccccc6)CC(OCc6ccccc6)C5(C)C4CCC23C)C1. The molecule has 0 spiro atoms. The van der Waals surface area contributed by atoms with Crippen LogP contribution in [-0.2, 0) is 32.2 Å². The van der Waals surface area contributed by atoms with Gasteiger partial charge in [-0.25, -0.2) is 0 Å². The Morgan fingerprint density at radius 1 is 0.830 bits per heavy atom. The first-order valence-electron chi connectivity index (χ1n) is 18.9. The van der Waals surface area contributed by atoms with Gasteiger partial charge in [-0.1, -0.05) is 107 Å². The topological polar surface area (TPSA) is 44.8 Å². The Morgan fingerprint density at radius 3 is 2.19 bits per heavy atom. The highest BCUT2D eigenvalue weighted by atomic mass is 16.5. The van der Waals surface area contributed by atoms with Crippen molar-refractivity contribution in [1.82, 2.24) is 0 Å². The third kappa shape index (κ3) is 6.27. The van der Waals surface area contributed by atoms with Crippen LogP contribution in [0.1, 0.15) is 104 Å². The maximum absolute atomic E-state index is 12.7. The predicted octanol–water partition coefficient (Wildman–Crippen LogP) is 9.96. The number of cyclic esters (lactones) is 1. The van der Waals surface area contributed by atoms with Gasteiger partial charge in [0.25, 0.3) is 0 Å². The van der Waals surface area contributed by atoms with Crippen LogP contribution in [0.2, 0.25) is 0 Å². The molecule has 3 saturated carbocycles. The number of fused-ring (bicyclic) bond motifs is 5. The normalized spacial score (nSPS) is 38.9. The van der Waals surface area contributed by atoms with Crippen molar-refractivity contribution < 1.29 is 19.0 Å². The molecule has 0 amide bonds. The number of allylic oxidation sites excluding steroid dienone is 1. The molecule has 1 heterocycles. The molecular weight excluding hydrogens is 580 g/mol. The summed E-state index contributed by atoms with van der Waals surface area (Å²) in [6.07, 6.45) is 13.0. The third-order valence-electron chi connectivity index (χ3n) is 14.2. The maximum Gasteiger partial charge on any atom is 0.306 e. The van der Waals surface area contributed by atoms with Crippen molar-refractivity contribution in [2.75, 3.05) is 0 Å². The van der Waals surface area contributed by atoms with E-state index in [0.29, 0.717) is 55.1 Å². The number of ether oxygens (including phenoxy) is 3. The molecule has 5 aliphatic rings. The quantitative estimate of drug-likeness (QED) is 0.203. The van der Waals surface area contributed by atoms with Crippen LogP contribution in [0.3, 0.4) is 0 Å². The Kier molecular flexibility index (Phi) is 9.48. The van der Waals surface area contributed by atoms with Crippen LogP contribution < -0.4 is 0 Å². The Hall–Kier alpha value is -2.43. The Morgan fingerprint density at radius 2 is 1.51 bits per heavy atom. The summed E-state index contributed by atoms with van der Waals surface area (Å²) in [5.41, 5.74) is 4.43. The van der Waals surface area contributed by atoms with Gasteiger partial charge < -0.3 is 14.2 Å². The molecule has 4 nitrogen and oxygen atoms in total. The van der Waals surface area contributed by atoms with Crippen LogP contribution in [-0.4, -0.2) is 24.3 Å². The smallest absolute Gasteiger partial charge is 0.306 e.